The SMILES string of the molecule is Cc1cc(C)nc(NS(=O)(=O)c2cnc(Cl)s2)n1. The topological polar surface area (TPSA) is 84.8 Å². The highest BCUT2D eigenvalue weighted by atomic mass is 35.5. The number of thiazole rings is 1. The summed E-state index contributed by atoms with van der Waals surface area (Å²) in [6, 6.07) is 1.75. The lowest BCUT2D eigenvalue weighted by Gasteiger charge is -2.05. The van der Waals surface area contributed by atoms with Crippen LogP contribution in [0, 0.1) is 13.8 Å². The van der Waals surface area contributed by atoms with Gasteiger partial charge in [0, 0.05) is 11.4 Å². The quantitative estimate of drug-likeness (QED) is 0.937. The van der Waals surface area contributed by atoms with E-state index in [0.29, 0.717) is 11.4 Å². The number of anilines is 1. The Morgan fingerprint density at radius 1 is 1.28 bits per heavy atom. The van der Waals surface area contributed by atoms with E-state index < -0.39 is 10.0 Å². The van der Waals surface area contributed by atoms with Crippen LogP contribution in [0.1, 0.15) is 11.4 Å². The van der Waals surface area contributed by atoms with Crippen LogP contribution in [0.5, 0.6) is 0 Å². The Kier molecular flexibility index (Phi) is 3.51. The fraction of sp³-hybridized carbons (Fsp3) is 0.222. The number of nitrogens with one attached hydrogen (secondary N) is 1. The Morgan fingerprint density at radius 3 is 2.39 bits per heavy atom. The minimum absolute atomic E-state index is 0.0234. The number of rotatable bonds is 3. The van der Waals surface area contributed by atoms with Crippen LogP contribution in [0.15, 0.2) is 16.5 Å². The summed E-state index contributed by atoms with van der Waals surface area (Å²) in [5, 5.41) is 0. The highest BCUT2D eigenvalue weighted by Gasteiger charge is 2.19. The first-order valence-electron chi connectivity index (χ1n) is 4.83. The van der Waals surface area contributed by atoms with Crippen molar-refractivity contribution >= 4 is 38.9 Å². The maximum atomic E-state index is 12.0. The lowest BCUT2D eigenvalue weighted by atomic mass is 10.4. The molecule has 0 atom stereocenters. The molecule has 0 aromatic carbocycles. The van der Waals surface area contributed by atoms with Crippen molar-refractivity contribution in [1.29, 1.82) is 0 Å². The molecule has 96 valence electrons. The molecule has 2 rings (SSSR count). The highest BCUT2D eigenvalue weighted by Crippen LogP contribution is 2.23. The van der Waals surface area contributed by atoms with Crippen LogP contribution in [0.3, 0.4) is 0 Å². The number of sulfonamides is 1. The molecule has 0 spiro atoms. The van der Waals surface area contributed by atoms with Gasteiger partial charge in [-0.05, 0) is 19.9 Å². The first-order chi connectivity index (χ1) is 8.37. The molecule has 18 heavy (non-hydrogen) atoms. The molecule has 0 fully saturated rings. The average Bonchev–Trinajstić information content (AvgIpc) is 2.62. The zero-order valence-electron chi connectivity index (χ0n) is 9.51. The summed E-state index contributed by atoms with van der Waals surface area (Å²) in [5.41, 5.74) is 1.37. The van der Waals surface area contributed by atoms with Crippen LogP contribution in [-0.2, 0) is 10.0 Å². The minimum atomic E-state index is -3.73. The molecule has 0 aliphatic heterocycles. The number of hydrogen-bond acceptors (Lipinski definition) is 6. The lowest BCUT2D eigenvalue weighted by Crippen LogP contribution is -2.14. The Balaban J connectivity index is 2.33. The monoisotopic (exact) mass is 304 g/mol. The van der Waals surface area contributed by atoms with Crippen LogP contribution in [0.4, 0.5) is 5.95 Å². The van der Waals surface area contributed by atoms with Crippen LogP contribution in [-0.4, -0.2) is 23.4 Å². The molecule has 0 aliphatic carbocycles. The third-order valence-electron chi connectivity index (χ3n) is 1.93. The van der Waals surface area contributed by atoms with Gasteiger partial charge in [0.05, 0.1) is 6.20 Å². The molecule has 6 nitrogen and oxygen atoms in total. The number of hydrogen-bond donors (Lipinski definition) is 1. The summed E-state index contributed by atoms with van der Waals surface area (Å²) in [4.78, 5) is 11.7. The zero-order chi connectivity index (χ0) is 13.3. The standard InChI is InChI=1S/C9H9ClN4O2S2/c1-5-3-6(2)13-9(12-5)14-18(15,16)7-4-11-8(10)17-7/h3-4H,1-2H3,(H,12,13,14). The van der Waals surface area contributed by atoms with Gasteiger partial charge in [-0.15, -0.1) is 0 Å². The highest BCUT2D eigenvalue weighted by molar-refractivity contribution is 7.94. The summed E-state index contributed by atoms with van der Waals surface area (Å²) in [6.45, 7) is 3.52. The van der Waals surface area contributed by atoms with E-state index in [-0.39, 0.29) is 14.6 Å². The Bertz CT molecular complexity index is 663. The van der Waals surface area contributed by atoms with Gasteiger partial charge in [-0.3, -0.25) is 0 Å². The predicted molar refractivity (Wildman–Crippen MR) is 69.4 cm³/mol. The Hall–Kier alpha value is -1.25. The van der Waals surface area contributed by atoms with Crippen molar-refractivity contribution in [3.63, 3.8) is 0 Å². The van der Waals surface area contributed by atoms with Crippen molar-refractivity contribution in [2.24, 2.45) is 0 Å². The molecule has 2 aromatic heterocycles. The zero-order valence-corrected chi connectivity index (χ0v) is 11.9. The largest absolute Gasteiger partial charge is 0.275 e. The van der Waals surface area contributed by atoms with Crippen molar-refractivity contribution in [2.75, 3.05) is 4.72 Å². The van der Waals surface area contributed by atoms with Gasteiger partial charge in [0.15, 0.2) is 8.68 Å². The van der Waals surface area contributed by atoms with Gasteiger partial charge in [0.25, 0.3) is 10.0 Å². The summed E-state index contributed by atoms with van der Waals surface area (Å²) in [5.74, 6) is 0.0389. The fourth-order valence-electron chi connectivity index (χ4n) is 1.31. The number of halogens is 1. The van der Waals surface area contributed by atoms with E-state index in [4.69, 9.17) is 11.6 Å². The van der Waals surface area contributed by atoms with Gasteiger partial charge in [0.2, 0.25) is 5.95 Å². The normalized spacial score (nSPS) is 11.5. The molecule has 0 unspecified atom stereocenters. The van der Waals surface area contributed by atoms with Crippen molar-refractivity contribution in [3.8, 4) is 0 Å². The van der Waals surface area contributed by atoms with Crippen LogP contribution < -0.4 is 4.72 Å². The summed E-state index contributed by atoms with van der Waals surface area (Å²) < 4.78 is 26.4. The molecule has 0 amide bonds. The fourth-order valence-corrected chi connectivity index (χ4v) is 3.54. The Labute approximate surface area is 113 Å². The maximum Gasteiger partial charge on any atom is 0.275 e. The second kappa shape index (κ2) is 4.79. The molecule has 0 bridgehead atoms. The second-order valence-electron chi connectivity index (χ2n) is 3.51. The van der Waals surface area contributed by atoms with Crippen LogP contribution in [0.2, 0.25) is 4.47 Å². The molecule has 9 heteroatoms. The molecule has 0 aliphatic rings. The predicted octanol–water partition coefficient (Wildman–Crippen LogP) is 2.00. The van der Waals surface area contributed by atoms with Gasteiger partial charge in [0.1, 0.15) is 0 Å². The third-order valence-corrected chi connectivity index (χ3v) is 4.83. The average molecular weight is 305 g/mol. The Morgan fingerprint density at radius 2 is 1.89 bits per heavy atom. The van der Waals surface area contributed by atoms with Gasteiger partial charge >= 0.3 is 0 Å². The lowest BCUT2D eigenvalue weighted by molar-refractivity contribution is 0.602. The van der Waals surface area contributed by atoms with E-state index >= 15 is 0 Å². The molecule has 2 heterocycles. The molecule has 1 N–H and O–H groups in total. The molecule has 0 saturated heterocycles. The maximum absolute atomic E-state index is 12.0. The first kappa shape index (κ1) is 13.2. The van der Waals surface area contributed by atoms with Gasteiger partial charge in [-0.25, -0.2) is 28.1 Å². The van der Waals surface area contributed by atoms with E-state index in [9.17, 15) is 8.42 Å². The van der Waals surface area contributed by atoms with E-state index in [1.165, 1.54) is 6.20 Å². The van der Waals surface area contributed by atoms with Crippen molar-refractivity contribution in [1.82, 2.24) is 15.0 Å². The smallest absolute Gasteiger partial charge is 0.246 e. The summed E-state index contributed by atoms with van der Waals surface area (Å²) >= 11 is 6.47. The molecule has 2 aromatic rings. The number of nitrogens with zero attached hydrogens (tertiary/aromatic N) is 3. The van der Waals surface area contributed by atoms with Crippen LogP contribution >= 0.6 is 22.9 Å². The third kappa shape index (κ3) is 2.95. The summed E-state index contributed by atoms with van der Waals surface area (Å²) in [6.07, 6.45) is 1.19. The van der Waals surface area contributed by atoms with Crippen LogP contribution in [0.25, 0.3) is 0 Å². The van der Waals surface area contributed by atoms with Crippen molar-refractivity contribution < 1.29 is 8.42 Å². The number of aryl methyl sites for hydroxylation is 2. The van der Waals surface area contributed by atoms with Gasteiger partial charge in [-0.2, -0.15) is 0 Å². The second-order valence-corrected chi connectivity index (χ2v) is 7.03. The van der Waals surface area contributed by atoms with E-state index in [2.05, 4.69) is 19.7 Å². The van der Waals surface area contributed by atoms with Gasteiger partial charge < -0.3 is 0 Å². The summed E-state index contributed by atoms with van der Waals surface area (Å²) in [7, 11) is -3.73. The number of aromatic nitrogens is 3. The van der Waals surface area contributed by atoms with Crippen molar-refractivity contribution in [2.45, 2.75) is 18.1 Å². The minimum Gasteiger partial charge on any atom is -0.246 e. The molecular weight excluding hydrogens is 296 g/mol. The van der Waals surface area contributed by atoms with E-state index in [1.54, 1.807) is 19.9 Å². The van der Waals surface area contributed by atoms with Crippen molar-refractivity contribution in [3.05, 3.63) is 28.1 Å². The van der Waals surface area contributed by atoms with E-state index in [0.717, 1.165) is 11.3 Å². The molecular formula is C9H9ClN4O2S2. The molecule has 0 saturated carbocycles. The first-order valence-corrected chi connectivity index (χ1v) is 7.51. The van der Waals surface area contributed by atoms with E-state index in [1.807, 2.05) is 0 Å². The van der Waals surface area contributed by atoms with Gasteiger partial charge in [-0.1, -0.05) is 22.9 Å². The molecule has 0 radical (unpaired) electrons.